The first-order chi connectivity index (χ1) is 27.7. The Hall–Kier alpha value is -5.57. The number of fused-ring (bicyclic) bond motifs is 2. The van der Waals surface area contributed by atoms with Gasteiger partial charge in [0, 0.05) is 43.8 Å². The number of benzene rings is 2. The van der Waals surface area contributed by atoms with Crippen LogP contribution in [0.1, 0.15) is 68.2 Å². The summed E-state index contributed by atoms with van der Waals surface area (Å²) in [6.07, 6.45) is 8.19. The Kier molecular flexibility index (Phi) is 11.1. The fraction of sp³-hybridized carbons (Fsp3) is 0.419. The van der Waals surface area contributed by atoms with E-state index < -0.39 is 24.5 Å². The molecule has 57 heavy (non-hydrogen) atoms. The standard InChI is InChI=1S/C43H50N8O6/c1-24(56-2)37(50-43(55)57-3)42(54)51-19-5-7-34(51)38-45-22-32(48-38)27-12-8-25(9-13-27)26-10-14-28(15-11-26)33-23-46-39(49-33)35-29-16-17-30(20-29)36(35)41(53)47-21-31-6-4-18-44-40(31)52/h4,6,8-15,18,22-24,29-30,34-37,41,47,53H,5,7,16-17,19-21H2,1-3H3,(H,44,52)(H,45,48)(H,46,49)(H,50,55)/t24-,29?,30?,34+,35-,36?,37+,41?/m1/s1. The molecule has 0 radical (unpaired) electrons. The van der Waals surface area contributed by atoms with Crippen LogP contribution < -0.4 is 10.6 Å². The minimum absolute atomic E-state index is 0.0204. The van der Waals surface area contributed by atoms with Gasteiger partial charge in [-0.2, -0.15) is 0 Å². The van der Waals surface area contributed by atoms with Crippen molar-refractivity contribution in [1.29, 1.82) is 0 Å². The van der Waals surface area contributed by atoms with Crippen LogP contribution in [0.5, 0.6) is 5.88 Å². The molecule has 2 aromatic carbocycles. The minimum atomic E-state index is -0.888. The number of carbonyl (C=O) groups is 2. The molecule has 6 N–H and O–H groups in total. The molecule has 4 unspecified atom stereocenters. The molecule has 5 aromatic rings. The summed E-state index contributed by atoms with van der Waals surface area (Å²) in [5, 5.41) is 27.3. The van der Waals surface area contributed by atoms with Crippen LogP contribution in [-0.4, -0.2) is 91.2 Å². The average Bonchev–Trinajstić information content (AvgIpc) is 4.10. The number of pyridine rings is 1. The van der Waals surface area contributed by atoms with Gasteiger partial charge in [0.25, 0.3) is 0 Å². The number of hydrogen-bond donors (Lipinski definition) is 6. The molecule has 3 fully saturated rings. The van der Waals surface area contributed by atoms with Gasteiger partial charge in [-0.1, -0.05) is 54.6 Å². The van der Waals surface area contributed by atoms with Gasteiger partial charge in [-0.3, -0.25) is 10.1 Å². The first-order valence-electron chi connectivity index (χ1n) is 19.8. The van der Waals surface area contributed by atoms with Gasteiger partial charge in [0.1, 0.15) is 23.9 Å². The molecular weight excluding hydrogens is 725 g/mol. The van der Waals surface area contributed by atoms with Crippen LogP contribution in [0.4, 0.5) is 4.79 Å². The zero-order chi connectivity index (χ0) is 39.6. The Morgan fingerprint density at radius 3 is 2.16 bits per heavy atom. The van der Waals surface area contributed by atoms with Crippen LogP contribution in [0.2, 0.25) is 0 Å². The number of amides is 2. The molecule has 0 spiro atoms. The van der Waals surface area contributed by atoms with Gasteiger partial charge in [0.05, 0.1) is 43.0 Å². The molecule has 8 rings (SSSR count). The second-order valence-electron chi connectivity index (χ2n) is 15.5. The first-order valence-corrected chi connectivity index (χ1v) is 19.8. The van der Waals surface area contributed by atoms with Crippen molar-refractivity contribution in [3.05, 3.63) is 96.5 Å². The van der Waals surface area contributed by atoms with Crippen molar-refractivity contribution < 1.29 is 29.3 Å². The molecule has 2 bridgehead atoms. The van der Waals surface area contributed by atoms with Crippen LogP contribution in [0.15, 0.2) is 79.3 Å². The van der Waals surface area contributed by atoms with E-state index in [1.165, 1.54) is 14.2 Å². The van der Waals surface area contributed by atoms with E-state index >= 15 is 0 Å². The number of aromatic hydroxyl groups is 1. The zero-order valence-corrected chi connectivity index (χ0v) is 32.4. The number of alkyl carbamates (subject to hydrolysis) is 1. The molecule has 298 valence electrons. The van der Waals surface area contributed by atoms with Gasteiger partial charge in [0.2, 0.25) is 11.8 Å². The van der Waals surface area contributed by atoms with Crippen molar-refractivity contribution in [2.45, 2.75) is 75.9 Å². The second kappa shape index (κ2) is 16.5. The van der Waals surface area contributed by atoms with Crippen LogP contribution in [0.25, 0.3) is 33.6 Å². The number of carbonyl (C=O) groups excluding carboxylic acids is 2. The predicted octanol–water partition coefficient (Wildman–Crippen LogP) is 5.90. The molecule has 8 atom stereocenters. The number of likely N-dealkylation sites (tertiary alicyclic amines) is 1. The Labute approximate surface area is 331 Å². The molecule has 14 heteroatoms. The lowest BCUT2D eigenvalue weighted by Gasteiger charge is -2.33. The summed E-state index contributed by atoms with van der Waals surface area (Å²) in [4.78, 5) is 47.9. The van der Waals surface area contributed by atoms with E-state index in [-0.39, 0.29) is 29.7 Å². The molecule has 1 saturated heterocycles. The number of nitrogens with zero attached hydrogens (tertiary/aromatic N) is 4. The minimum Gasteiger partial charge on any atom is -0.493 e. The Morgan fingerprint density at radius 2 is 1.51 bits per heavy atom. The average molecular weight is 775 g/mol. The van der Waals surface area contributed by atoms with Crippen molar-refractivity contribution in [2.75, 3.05) is 20.8 Å². The maximum Gasteiger partial charge on any atom is 0.407 e. The normalized spacial score (nSPS) is 23.0. The number of H-pyrrole nitrogens is 2. The van der Waals surface area contributed by atoms with Crippen LogP contribution >= 0.6 is 0 Å². The highest BCUT2D eigenvalue weighted by molar-refractivity contribution is 5.87. The lowest BCUT2D eigenvalue weighted by Crippen LogP contribution is -2.54. The maximum absolute atomic E-state index is 13.6. The third kappa shape index (κ3) is 7.76. The maximum atomic E-state index is 13.6. The number of aliphatic hydroxyl groups excluding tert-OH is 1. The summed E-state index contributed by atoms with van der Waals surface area (Å²) in [5.41, 5.74) is 6.62. The van der Waals surface area contributed by atoms with Gasteiger partial charge in [0.15, 0.2) is 0 Å². The predicted molar refractivity (Wildman–Crippen MR) is 212 cm³/mol. The van der Waals surface area contributed by atoms with Crippen molar-refractivity contribution in [2.24, 2.45) is 17.8 Å². The van der Waals surface area contributed by atoms with Crippen molar-refractivity contribution in [3.63, 3.8) is 0 Å². The molecule has 2 saturated carbocycles. The molecule has 1 aliphatic heterocycles. The molecule has 3 aromatic heterocycles. The highest BCUT2D eigenvalue weighted by atomic mass is 16.5. The fourth-order valence-corrected chi connectivity index (χ4v) is 9.30. The van der Waals surface area contributed by atoms with E-state index in [0.717, 1.165) is 71.6 Å². The summed E-state index contributed by atoms with van der Waals surface area (Å²) >= 11 is 0. The van der Waals surface area contributed by atoms with Gasteiger partial charge < -0.3 is 39.9 Å². The molecular formula is C43H50N8O6. The molecule has 2 amide bonds. The van der Waals surface area contributed by atoms with E-state index in [4.69, 9.17) is 14.5 Å². The smallest absolute Gasteiger partial charge is 0.407 e. The Bertz CT molecular complexity index is 2170. The summed E-state index contributed by atoms with van der Waals surface area (Å²) in [7, 11) is 2.77. The van der Waals surface area contributed by atoms with Crippen molar-refractivity contribution >= 4 is 12.0 Å². The zero-order valence-electron chi connectivity index (χ0n) is 32.4. The monoisotopic (exact) mass is 774 g/mol. The van der Waals surface area contributed by atoms with Crippen LogP contribution in [0, 0.1) is 17.8 Å². The second-order valence-corrected chi connectivity index (χ2v) is 15.5. The van der Waals surface area contributed by atoms with E-state index in [2.05, 4.69) is 79.1 Å². The molecule has 4 heterocycles. The number of aromatic amines is 2. The number of hydrogen-bond acceptors (Lipinski definition) is 10. The van der Waals surface area contributed by atoms with Gasteiger partial charge >= 0.3 is 6.09 Å². The highest BCUT2D eigenvalue weighted by Gasteiger charge is 2.52. The van der Waals surface area contributed by atoms with Crippen molar-refractivity contribution in [1.82, 2.24) is 40.5 Å². The van der Waals surface area contributed by atoms with Gasteiger partial charge in [-0.25, -0.2) is 19.7 Å². The fourth-order valence-electron chi connectivity index (χ4n) is 9.30. The number of methoxy groups -OCH3 is 2. The quantitative estimate of drug-likeness (QED) is 0.0787. The third-order valence-electron chi connectivity index (χ3n) is 12.4. The summed E-state index contributed by atoms with van der Waals surface area (Å²) in [6, 6.07) is 19.2. The highest BCUT2D eigenvalue weighted by Crippen LogP contribution is 2.57. The molecule has 2 aliphatic carbocycles. The van der Waals surface area contributed by atoms with Gasteiger partial charge in [-0.05, 0) is 79.2 Å². The van der Waals surface area contributed by atoms with E-state index in [1.807, 2.05) is 12.3 Å². The molecule has 3 aliphatic rings. The Morgan fingerprint density at radius 1 is 0.877 bits per heavy atom. The topological polar surface area (TPSA) is 191 Å². The third-order valence-corrected chi connectivity index (χ3v) is 12.4. The summed E-state index contributed by atoms with van der Waals surface area (Å²) in [5.74, 6) is 2.41. The SMILES string of the molecule is COC(=O)N[C@H](C(=O)N1CCC[C@H]1c1ncc(-c2ccc(-c3ccc(-c4cnc([C@@H]5C6CCC(C6)C5C(O)NCc5cccnc5O)[nH]4)cc3)cc2)[nH]1)[C@@H](C)OC. The lowest BCUT2D eigenvalue weighted by molar-refractivity contribution is -0.137. The van der Waals surface area contributed by atoms with Crippen LogP contribution in [0.3, 0.4) is 0 Å². The number of aromatic nitrogens is 5. The van der Waals surface area contributed by atoms with E-state index in [9.17, 15) is 19.8 Å². The number of aliphatic hydroxyl groups is 1. The van der Waals surface area contributed by atoms with E-state index in [0.29, 0.717) is 36.3 Å². The number of nitrogens with one attached hydrogen (secondary N) is 4. The largest absolute Gasteiger partial charge is 0.493 e. The van der Waals surface area contributed by atoms with Gasteiger partial charge in [-0.15, -0.1) is 0 Å². The lowest BCUT2D eigenvalue weighted by atomic mass is 9.77. The number of ether oxygens (including phenoxy) is 2. The molecule has 14 nitrogen and oxygen atoms in total. The van der Waals surface area contributed by atoms with Crippen LogP contribution in [-0.2, 0) is 20.8 Å². The van der Waals surface area contributed by atoms with Crippen molar-refractivity contribution in [3.8, 4) is 39.5 Å². The first kappa shape index (κ1) is 38.3. The number of rotatable bonds is 13. The summed E-state index contributed by atoms with van der Waals surface area (Å²) < 4.78 is 10.2. The number of imidazole rings is 2. The Balaban J connectivity index is 0.917. The van der Waals surface area contributed by atoms with E-state index in [1.54, 1.807) is 30.3 Å². The summed E-state index contributed by atoms with van der Waals surface area (Å²) in [6.45, 7) is 2.63.